The van der Waals surface area contributed by atoms with Crippen LogP contribution >= 0.6 is 0 Å². The van der Waals surface area contributed by atoms with Gasteiger partial charge < -0.3 is 5.32 Å². The number of Topliss-reactive ketones (excluding diaryl/α,β-unsaturated/α-hetero) is 1. The molecular weight excluding hydrogens is 568 g/mol. The molecule has 0 radical (unpaired) electrons. The molecule has 2 N–H and O–H groups in total. The molecule has 44 heavy (non-hydrogen) atoms. The average Bonchev–Trinajstić information content (AvgIpc) is 3.37. The van der Waals surface area contributed by atoms with Gasteiger partial charge in [0.1, 0.15) is 5.78 Å². The summed E-state index contributed by atoms with van der Waals surface area (Å²) >= 11 is 0. The van der Waals surface area contributed by atoms with E-state index in [1.165, 1.54) is 42.6 Å². The standard InChI is InChI=1S/C27H30N2.C10H16O4S/c1-4-10-21(11-5-1)20-28-26-24-16-18-29(19-17-24)27(26)25(22-12-6-2-7-13-22)23-14-8-3-9-15-23;1-9(2)7-3-4-10(9,8(11)5-7)6-15(12,13)14/h1-15,24-28H,16-20H2;7H,3-6H2,1-2H3,(H,12,13,14)/t26-,27-;7?,10-/m11/s1. The molecule has 234 valence electrons. The van der Waals surface area contributed by atoms with Crippen LogP contribution in [0.1, 0.15) is 68.6 Å². The minimum atomic E-state index is -4.08. The van der Waals surface area contributed by atoms with Gasteiger partial charge >= 0.3 is 0 Å². The van der Waals surface area contributed by atoms with Crippen LogP contribution in [0.5, 0.6) is 0 Å². The highest BCUT2D eigenvalue weighted by Crippen LogP contribution is 2.64. The highest BCUT2D eigenvalue weighted by molar-refractivity contribution is 7.85. The molecule has 5 aliphatic rings. The summed E-state index contributed by atoms with van der Waals surface area (Å²) < 4.78 is 31.0. The van der Waals surface area contributed by atoms with Crippen molar-refractivity contribution in [3.63, 3.8) is 0 Å². The Morgan fingerprint density at radius 3 is 1.89 bits per heavy atom. The van der Waals surface area contributed by atoms with E-state index in [0.29, 0.717) is 30.8 Å². The normalized spacial score (nSPS) is 30.3. The maximum absolute atomic E-state index is 11.9. The zero-order valence-corrected chi connectivity index (χ0v) is 26.8. The first-order valence-electron chi connectivity index (χ1n) is 16.2. The summed E-state index contributed by atoms with van der Waals surface area (Å²) in [7, 11) is -4.08. The van der Waals surface area contributed by atoms with Gasteiger partial charge in [-0.1, -0.05) is 105 Å². The van der Waals surface area contributed by atoms with Gasteiger partial charge in [0.05, 0.1) is 11.2 Å². The first-order chi connectivity index (χ1) is 21.1. The maximum atomic E-state index is 11.9. The number of rotatable bonds is 8. The van der Waals surface area contributed by atoms with Crippen LogP contribution in [0, 0.1) is 22.7 Å². The fourth-order valence-electron chi connectivity index (χ4n) is 8.95. The van der Waals surface area contributed by atoms with Crippen LogP contribution in [0.15, 0.2) is 91.0 Å². The molecule has 3 aromatic carbocycles. The third-order valence-corrected chi connectivity index (χ3v) is 12.3. The van der Waals surface area contributed by atoms with Gasteiger partial charge in [-0.25, -0.2) is 0 Å². The van der Waals surface area contributed by atoms with Gasteiger partial charge in [-0.05, 0) is 72.7 Å². The molecule has 2 saturated carbocycles. The number of piperidine rings is 3. The highest BCUT2D eigenvalue weighted by atomic mass is 32.2. The monoisotopic (exact) mass is 614 g/mol. The lowest BCUT2D eigenvalue weighted by atomic mass is 9.70. The van der Waals surface area contributed by atoms with E-state index in [-0.39, 0.29) is 17.1 Å². The molecule has 0 spiro atoms. The van der Waals surface area contributed by atoms with Crippen molar-refractivity contribution in [2.45, 2.75) is 70.5 Å². The van der Waals surface area contributed by atoms with Crippen LogP contribution in [-0.2, 0) is 21.5 Å². The minimum absolute atomic E-state index is 0.0152. The Bertz CT molecular complexity index is 1480. The van der Waals surface area contributed by atoms with Gasteiger partial charge in [0, 0.05) is 31.0 Å². The third-order valence-electron chi connectivity index (χ3n) is 11.5. The summed E-state index contributed by atoms with van der Waals surface area (Å²) in [4.78, 5) is 14.6. The molecule has 3 aromatic rings. The van der Waals surface area contributed by atoms with Gasteiger partial charge in [-0.2, -0.15) is 8.42 Å². The van der Waals surface area contributed by atoms with E-state index in [1.807, 2.05) is 13.8 Å². The van der Waals surface area contributed by atoms with Crippen molar-refractivity contribution in [1.82, 2.24) is 10.2 Å². The molecule has 6 nitrogen and oxygen atoms in total. The van der Waals surface area contributed by atoms with Crippen molar-refractivity contribution in [2.24, 2.45) is 22.7 Å². The van der Waals surface area contributed by atoms with E-state index in [4.69, 9.17) is 4.55 Å². The predicted molar refractivity (Wildman–Crippen MR) is 175 cm³/mol. The lowest BCUT2D eigenvalue weighted by molar-refractivity contribution is -0.128. The van der Waals surface area contributed by atoms with E-state index in [1.54, 1.807) is 0 Å². The Morgan fingerprint density at radius 1 is 0.864 bits per heavy atom. The Balaban J connectivity index is 0.000000193. The first kappa shape index (κ1) is 31.2. The van der Waals surface area contributed by atoms with E-state index in [0.717, 1.165) is 18.9 Å². The van der Waals surface area contributed by atoms with E-state index in [2.05, 4.69) is 101 Å². The molecule has 2 aliphatic carbocycles. The van der Waals surface area contributed by atoms with Gasteiger partial charge in [0.2, 0.25) is 0 Å². The maximum Gasteiger partial charge on any atom is 0.265 e. The number of ketones is 1. The van der Waals surface area contributed by atoms with E-state index < -0.39 is 21.3 Å². The number of carbonyl (C=O) groups is 1. The Hall–Kier alpha value is -2.84. The second-order valence-corrected chi connectivity index (χ2v) is 15.4. The largest absolute Gasteiger partial charge is 0.308 e. The van der Waals surface area contributed by atoms with Crippen molar-refractivity contribution in [2.75, 3.05) is 18.8 Å². The number of fused-ring (bicyclic) bond motifs is 5. The Labute approximate surface area is 263 Å². The van der Waals surface area contributed by atoms with Gasteiger partial charge in [-0.3, -0.25) is 14.2 Å². The summed E-state index contributed by atoms with van der Waals surface area (Å²) in [5.41, 5.74) is 3.12. The average molecular weight is 615 g/mol. The number of benzene rings is 3. The van der Waals surface area contributed by atoms with Gasteiger partial charge in [-0.15, -0.1) is 0 Å². The summed E-state index contributed by atoms with van der Waals surface area (Å²) in [6, 6.07) is 34.1. The summed E-state index contributed by atoms with van der Waals surface area (Å²) in [5, 5.41) is 4.00. The zero-order valence-electron chi connectivity index (χ0n) is 25.9. The molecule has 3 saturated heterocycles. The summed E-state index contributed by atoms with van der Waals surface area (Å²) in [5.74, 6) is 1.06. The molecule has 3 heterocycles. The number of nitrogens with one attached hydrogen (secondary N) is 1. The van der Waals surface area contributed by atoms with Crippen LogP contribution in [0.4, 0.5) is 0 Å². The topological polar surface area (TPSA) is 86.7 Å². The highest BCUT2D eigenvalue weighted by Gasteiger charge is 2.65. The van der Waals surface area contributed by atoms with Crippen LogP contribution in [0.25, 0.3) is 0 Å². The van der Waals surface area contributed by atoms with Crippen molar-refractivity contribution >= 4 is 15.9 Å². The van der Waals surface area contributed by atoms with E-state index in [9.17, 15) is 13.2 Å². The molecular formula is C37H46N2O4S. The molecule has 7 heteroatoms. The van der Waals surface area contributed by atoms with Crippen molar-refractivity contribution in [3.05, 3.63) is 108 Å². The smallest absolute Gasteiger partial charge is 0.265 e. The molecule has 8 rings (SSSR count). The second-order valence-electron chi connectivity index (χ2n) is 13.9. The Kier molecular flexibility index (Phi) is 8.86. The van der Waals surface area contributed by atoms with Crippen molar-refractivity contribution in [3.8, 4) is 0 Å². The lowest BCUT2D eigenvalue weighted by Gasteiger charge is -2.54. The number of nitrogens with zero attached hydrogens (tertiary/aromatic N) is 1. The number of carbonyl (C=O) groups excluding carboxylic acids is 1. The van der Waals surface area contributed by atoms with E-state index >= 15 is 0 Å². The lowest BCUT2D eigenvalue weighted by Crippen LogP contribution is -2.64. The molecule has 5 fully saturated rings. The second kappa shape index (κ2) is 12.5. The molecule has 1 unspecified atom stereocenters. The minimum Gasteiger partial charge on any atom is -0.308 e. The predicted octanol–water partition coefficient (Wildman–Crippen LogP) is 6.34. The molecule has 3 aliphatic heterocycles. The van der Waals surface area contributed by atoms with Crippen LogP contribution < -0.4 is 5.32 Å². The third kappa shape index (κ3) is 6.04. The first-order valence-corrected chi connectivity index (χ1v) is 17.8. The quantitative estimate of drug-likeness (QED) is 0.288. The fraction of sp³-hybridized carbons (Fsp3) is 0.486. The van der Waals surface area contributed by atoms with Crippen molar-refractivity contribution in [1.29, 1.82) is 0 Å². The van der Waals surface area contributed by atoms with Gasteiger partial charge in [0.15, 0.2) is 0 Å². The van der Waals surface area contributed by atoms with Crippen LogP contribution in [-0.4, -0.2) is 54.6 Å². The van der Waals surface area contributed by atoms with Crippen LogP contribution in [0.3, 0.4) is 0 Å². The fourth-order valence-corrected chi connectivity index (χ4v) is 10.2. The number of hydrogen-bond acceptors (Lipinski definition) is 5. The Morgan fingerprint density at radius 2 is 1.41 bits per heavy atom. The summed E-state index contributed by atoms with van der Waals surface area (Å²) in [6.07, 6.45) is 4.61. The zero-order chi connectivity index (χ0) is 31.0. The van der Waals surface area contributed by atoms with Gasteiger partial charge in [0.25, 0.3) is 10.1 Å². The SMILES string of the molecule is CC1(C)C2CC[C@@]1(CS(=O)(=O)O)C(=O)C2.c1ccc(CN[C@@H]2C3CCN(CC3)[C@@H]2C(c2ccccc2)c2ccccc2)cc1. The van der Waals surface area contributed by atoms with Crippen molar-refractivity contribution < 1.29 is 17.8 Å². The van der Waals surface area contributed by atoms with Crippen LogP contribution in [0.2, 0.25) is 0 Å². The molecule has 4 atom stereocenters. The summed E-state index contributed by atoms with van der Waals surface area (Å²) in [6.45, 7) is 7.30. The molecule has 0 aromatic heterocycles. The molecule has 4 bridgehead atoms. The molecule has 0 amide bonds. The number of hydrogen-bond donors (Lipinski definition) is 2.